The van der Waals surface area contributed by atoms with Gasteiger partial charge in [-0.2, -0.15) is 0 Å². The zero-order valence-corrected chi connectivity index (χ0v) is 10.4. The van der Waals surface area contributed by atoms with Crippen LogP contribution in [0, 0.1) is 5.92 Å². The highest BCUT2D eigenvalue weighted by Gasteiger charge is 2.19. The van der Waals surface area contributed by atoms with Crippen molar-refractivity contribution in [2.45, 2.75) is 19.8 Å². The maximum absolute atomic E-state index is 11.5. The van der Waals surface area contributed by atoms with Gasteiger partial charge in [0, 0.05) is 25.6 Å². The fourth-order valence-corrected chi connectivity index (χ4v) is 1.52. The van der Waals surface area contributed by atoms with E-state index < -0.39 is 0 Å². The van der Waals surface area contributed by atoms with Crippen LogP contribution in [0.4, 0.5) is 0 Å². The van der Waals surface area contributed by atoms with Gasteiger partial charge in [0.05, 0.1) is 6.54 Å². The molecule has 1 atom stereocenters. The molecule has 16 heavy (non-hydrogen) atoms. The first-order chi connectivity index (χ1) is 7.15. The highest BCUT2D eigenvalue weighted by Crippen LogP contribution is 2.06. The Morgan fingerprint density at radius 2 is 1.94 bits per heavy atom. The molecule has 0 radical (unpaired) electrons. The standard InChI is InChI=1S/C10H19N3O2.ClH/c1-8(6-11)10(15)12-7-9(14)13-4-2-3-5-13;/h8H,2-7,11H2,1H3,(H,12,15);1H. The topological polar surface area (TPSA) is 75.4 Å². The maximum Gasteiger partial charge on any atom is 0.241 e. The second kappa shape index (κ2) is 7.46. The van der Waals surface area contributed by atoms with Crippen molar-refractivity contribution >= 4 is 24.2 Å². The summed E-state index contributed by atoms with van der Waals surface area (Å²) in [5, 5.41) is 2.60. The minimum absolute atomic E-state index is 0. The Kier molecular flexibility index (Phi) is 7.08. The summed E-state index contributed by atoms with van der Waals surface area (Å²) < 4.78 is 0. The van der Waals surface area contributed by atoms with Gasteiger partial charge in [-0.1, -0.05) is 6.92 Å². The largest absolute Gasteiger partial charge is 0.347 e. The summed E-state index contributed by atoms with van der Waals surface area (Å²) >= 11 is 0. The van der Waals surface area contributed by atoms with E-state index in [9.17, 15) is 9.59 Å². The zero-order chi connectivity index (χ0) is 11.3. The lowest BCUT2D eigenvalue weighted by molar-refractivity contribution is -0.132. The van der Waals surface area contributed by atoms with E-state index in [0.29, 0.717) is 6.54 Å². The van der Waals surface area contributed by atoms with Crippen LogP contribution < -0.4 is 11.1 Å². The molecule has 1 saturated heterocycles. The number of nitrogens with two attached hydrogens (primary N) is 1. The van der Waals surface area contributed by atoms with Gasteiger partial charge in [-0.3, -0.25) is 9.59 Å². The van der Waals surface area contributed by atoms with Crippen molar-refractivity contribution < 1.29 is 9.59 Å². The first-order valence-electron chi connectivity index (χ1n) is 5.40. The predicted octanol–water partition coefficient (Wildman–Crippen LogP) is -0.258. The molecule has 1 unspecified atom stereocenters. The number of halogens is 1. The molecule has 1 fully saturated rings. The predicted molar refractivity (Wildman–Crippen MR) is 64.3 cm³/mol. The molecule has 2 amide bonds. The van der Waals surface area contributed by atoms with Gasteiger partial charge in [0.1, 0.15) is 0 Å². The number of nitrogens with one attached hydrogen (secondary N) is 1. The second-order valence-electron chi connectivity index (χ2n) is 3.94. The Hall–Kier alpha value is -0.810. The lowest BCUT2D eigenvalue weighted by Gasteiger charge is -2.16. The molecule has 0 saturated carbocycles. The summed E-state index contributed by atoms with van der Waals surface area (Å²) in [7, 11) is 0. The number of rotatable bonds is 4. The third-order valence-corrected chi connectivity index (χ3v) is 2.67. The van der Waals surface area contributed by atoms with Crippen molar-refractivity contribution in [3.63, 3.8) is 0 Å². The van der Waals surface area contributed by atoms with Gasteiger partial charge in [-0.25, -0.2) is 0 Å². The van der Waals surface area contributed by atoms with Gasteiger partial charge in [-0.05, 0) is 12.8 Å². The van der Waals surface area contributed by atoms with E-state index in [4.69, 9.17) is 5.73 Å². The Labute approximate surface area is 102 Å². The van der Waals surface area contributed by atoms with Crippen LogP contribution >= 0.6 is 12.4 Å². The highest BCUT2D eigenvalue weighted by molar-refractivity contribution is 5.86. The van der Waals surface area contributed by atoms with Crippen molar-refractivity contribution in [2.24, 2.45) is 11.7 Å². The average Bonchev–Trinajstić information content (AvgIpc) is 2.77. The Morgan fingerprint density at radius 3 is 2.44 bits per heavy atom. The Morgan fingerprint density at radius 1 is 1.38 bits per heavy atom. The van der Waals surface area contributed by atoms with Crippen LogP contribution in [0.2, 0.25) is 0 Å². The van der Waals surface area contributed by atoms with Crippen LogP contribution in [0.15, 0.2) is 0 Å². The molecule has 0 spiro atoms. The van der Waals surface area contributed by atoms with Crippen LogP contribution in [0.3, 0.4) is 0 Å². The molecule has 1 rings (SSSR count). The molecule has 1 aliphatic rings. The molecule has 3 N–H and O–H groups in total. The van der Waals surface area contributed by atoms with Crippen LogP contribution in [0.5, 0.6) is 0 Å². The van der Waals surface area contributed by atoms with Crippen molar-refractivity contribution in [1.29, 1.82) is 0 Å². The first kappa shape index (κ1) is 15.2. The SMILES string of the molecule is CC(CN)C(=O)NCC(=O)N1CCCC1.Cl. The van der Waals surface area contributed by atoms with Gasteiger partial charge < -0.3 is 16.0 Å². The summed E-state index contributed by atoms with van der Waals surface area (Å²) in [4.78, 5) is 24.7. The monoisotopic (exact) mass is 249 g/mol. The van der Waals surface area contributed by atoms with Crippen LogP contribution in [0.25, 0.3) is 0 Å². The maximum atomic E-state index is 11.5. The Balaban J connectivity index is 0.00000225. The van der Waals surface area contributed by atoms with E-state index in [1.54, 1.807) is 11.8 Å². The Bertz CT molecular complexity index is 242. The summed E-state index contributed by atoms with van der Waals surface area (Å²) in [5.74, 6) is -0.369. The summed E-state index contributed by atoms with van der Waals surface area (Å²) in [5.41, 5.74) is 5.35. The smallest absolute Gasteiger partial charge is 0.241 e. The number of nitrogens with zero attached hydrogens (tertiary/aromatic N) is 1. The van der Waals surface area contributed by atoms with Gasteiger partial charge in [0.2, 0.25) is 11.8 Å². The third-order valence-electron chi connectivity index (χ3n) is 2.67. The van der Waals surface area contributed by atoms with Crippen molar-refractivity contribution in [1.82, 2.24) is 10.2 Å². The number of hydrogen-bond acceptors (Lipinski definition) is 3. The fraction of sp³-hybridized carbons (Fsp3) is 0.800. The minimum Gasteiger partial charge on any atom is -0.347 e. The van der Waals surface area contributed by atoms with Gasteiger partial charge in [0.15, 0.2) is 0 Å². The molecule has 0 aromatic rings. The lowest BCUT2D eigenvalue weighted by atomic mass is 10.2. The molecule has 94 valence electrons. The molecule has 0 aromatic heterocycles. The van der Waals surface area contributed by atoms with Crippen molar-refractivity contribution in [3.05, 3.63) is 0 Å². The number of carbonyl (C=O) groups is 2. The molecular formula is C10H20ClN3O2. The van der Waals surface area contributed by atoms with Crippen molar-refractivity contribution in [2.75, 3.05) is 26.2 Å². The molecule has 0 bridgehead atoms. The van der Waals surface area contributed by atoms with Crippen LogP contribution in [0.1, 0.15) is 19.8 Å². The summed E-state index contributed by atoms with van der Waals surface area (Å²) in [6.07, 6.45) is 2.14. The molecule has 0 aromatic carbocycles. The van der Waals surface area contributed by atoms with E-state index >= 15 is 0 Å². The van der Waals surface area contributed by atoms with Gasteiger partial charge >= 0.3 is 0 Å². The zero-order valence-electron chi connectivity index (χ0n) is 9.57. The molecule has 6 heteroatoms. The van der Waals surface area contributed by atoms with Crippen molar-refractivity contribution in [3.8, 4) is 0 Å². The van der Waals surface area contributed by atoms with Gasteiger partial charge in [-0.15, -0.1) is 12.4 Å². The molecule has 0 aliphatic carbocycles. The molecular weight excluding hydrogens is 230 g/mol. The number of amides is 2. The highest BCUT2D eigenvalue weighted by atomic mass is 35.5. The molecule has 5 nitrogen and oxygen atoms in total. The number of likely N-dealkylation sites (tertiary alicyclic amines) is 1. The summed E-state index contributed by atoms with van der Waals surface area (Å²) in [6.45, 7) is 3.80. The lowest BCUT2D eigenvalue weighted by Crippen LogP contribution is -2.41. The minimum atomic E-state index is -0.226. The normalized spacial score (nSPS) is 16.5. The van der Waals surface area contributed by atoms with Gasteiger partial charge in [0.25, 0.3) is 0 Å². The van der Waals surface area contributed by atoms with E-state index in [1.165, 1.54) is 0 Å². The number of hydrogen-bond donors (Lipinski definition) is 2. The second-order valence-corrected chi connectivity index (χ2v) is 3.94. The van der Waals surface area contributed by atoms with E-state index in [1.807, 2.05) is 0 Å². The van der Waals surface area contributed by atoms with E-state index in [2.05, 4.69) is 5.32 Å². The number of carbonyl (C=O) groups excluding carboxylic acids is 2. The fourth-order valence-electron chi connectivity index (χ4n) is 1.52. The molecule has 1 aliphatic heterocycles. The first-order valence-corrected chi connectivity index (χ1v) is 5.40. The average molecular weight is 250 g/mol. The van der Waals surface area contributed by atoms with E-state index in [-0.39, 0.29) is 36.7 Å². The van der Waals surface area contributed by atoms with E-state index in [0.717, 1.165) is 25.9 Å². The van der Waals surface area contributed by atoms with Crippen LogP contribution in [-0.2, 0) is 9.59 Å². The third kappa shape index (κ3) is 4.37. The van der Waals surface area contributed by atoms with Crippen LogP contribution in [-0.4, -0.2) is 42.9 Å². The summed E-state index contributed by atoms with van der Waals surface area (Å²) in [6, 6.07) is 0. The molecule has 1 heterocycles. The quantitative estimate of drug-likeness (QED) is 0.721.